The third kappa shape index (κ3) is 2.44. The summed E-state index contributed by atoms with van der Waals surface area (Å²) in [7, 11) is 0. The molecule has 90 valence electrons. The van der Waals surface area contributed by atoms with E-state index >= 15 is 0 Å². The number of hydrogen-bond acceptors (Lipinski definition) is 5. The number of rotatable bonds is 2. The van der Waals surface area contributed by atoms with Crippen molar-refractivity contribution in [3.63, 3.8) is 0 Å². The maximum absolute atomic E-state index is 11.6. The molecule has 3 amide bonds. The molecule has 0 aromatic carbocycles. The van der Waals surface area contributed by atoms with Crippen LogP contribution in [0.5, 0.6) is 0 Å². The van der Waals surface area contributed by atoms with Gasteiger partial charge < -0.3 is 4.52 Å². The maximum atomic E-state index is 11.6. The lowest BCUT2D eigenvalue weighted by molar-refractivity contribution is 0.195. The highest BCUT2D eigenvalue weighted by molar-refractivity contribution is 6.64. The fraction of sp³-hybridized carbons (Fsp3) is 0.333. The molecule has 1 aliphatic rings. The predicted molar refractivity (Wildman–Crippen MR) is 58.9 cm³/mol. The van der Waals surface area contributed by atoms with E-state index in [2.05, 4.69) is 10.3 Å². The lowest BCUT2D eigenvalue weighted by atomic mass is 10.4. The van der Waals surface area contributed by atoms with Gasteiger partial charge in [0.15, 0.2) is 0 Å². The number of nitrogens with zero attached hydrogens (tertiary/aromatic N) is 4. The summed E-state index contributed by atoms with van der Waals surface area (Å²) in [6, 6.07) is 1.13. The first-order chi connectivity index (χ1) is 8.08. The van der Waals surface area contributed by atoms with Crippen LogP contribution in [0.3, 0.4) is 0 Å². The number of hydrazone groups is 1. The summed E-state index contributed by atoms with van der Waals surface area (Å²) in [6.45, 7) is 2.29. The highest BCUT2D eigenvalue weighted by Crippen LogP contribution is 2.11. The molecule has 1 aromatic rings. The van der Waals surface area contributed by atoms with E-state index in [0.717, 1.165) is 9.91 Å². The van der Waals surface area contributed by atoms with E-state index in [1.165, 1.54) is 6.21 Å². The molecule has 0 aliphatic carbocycles. The van der Waals surface area contributed by atoms with Gasteiger partial charge in [0.1, 0.15) is 11.5 Å². The van der Waals surface area contributed by atoms with Crippen molar-refractivity contribution in [2.24, 2.45) is 5.10 Å². The summed E-state index contributed by atoms with van der Waals surface area (Å²) in [5, 5.41) is 7.93. The second-order valence-corrected chi connectivity index (χ2v) is 3.74. The summed E-state index contributed by atoms with van der Waals surface area (Å²) in [4.78, 5) is 23.3. The minimum absolute atomic E-state index is 0.232. The molecular formula is C9H9ClN4O3. The number of amides is 3. The molecule has 17 heavy (non-hydrogen) atoms. The first kappa shape index (κ1) is 11.6. The Morgan fingerprint density at radius 1 is 1.65 bits per heavy atom. The van der Waals surface area contributed by atoms with Crippen LogP contribution in [0, 0.1) is 6.92 Å². The molecule has 0 N–H and O–H groups in total. The van der Waals surface area contributed by atoms with Crippen molar-refractivity contribution in [3.05, 3.63) is 17.5 Å². The molecule has 2 heterocycles. The number of halogens is 1. The van der Waals surface area contributed by atoms with Crippen molar-refractivity contribution >= 4 is 29.2 Å². The third-order valence-electron chi connectivity index (χ3n) is 2.17. The molecule has 8 heteroatoms. The number of imide groups is 1. The lowest BCUT2D eigenvalue weighted by Crippen LogP contribution is -2.30. The number of aryl methyl sites for hydroxylation is 1. The molecule has 0 radical (unpaired) electrons. The lowest BCUT2D eigenvalue weighted by Gasteiger charge is -2.09. The van der Waals surface area contributed by atoms with E-state index in [-0.39, 0.29) is 6.54 Å². The van der Waals surface area contributed by atoms with Crippen LogP contribution in [-0.4, -0.2) is 45.8 Å². The zero-order chi connectivity index (χ0) is 12.4. The molecule has 0 saturated carbocycles. The van der Waals surface area contributed by atoms with E-state index < -0.39 is 11.4 Å². The molecule has 0 bridgehead atoms. The van der Waals surface area contributed by atoms with Gasteiger partial charge in [0.25, 0.3) is 0 Å². The zero-order valence-electron chi connectivity index (χ0n) is 8.96. The first-order valence-electron chi connectivity index (χ1n) is 4.84. The van der Waals surface area contributed by atoms with Gasteiger partial charge in [-0.1, -0.05) is 5.16 Å². The normalized spacial score (nSPS) is 16.2. The molecule has 0 spiro atoms. The van der Waals surface area contributed by atoms with Crippen LogP contribution in [0.2, 0.25) is 0 Å². The summed E-state index contributed by atoms with van der Waals surface area (Å²) in [6.07, 6.45) is 1.39. The van der Waals surface area contributed by atoms with Crippen LogP contribution in [0.25, 0.3) is 0 Å². The Morgan fingerprint density at radius 3 is 2.94 bits per heavy atom. The molecule has 2 rings (SSSR count). The van der Waals surface area contributed by atoms with Gasteiger partial charge in [0, 0.05) is 6.07 Å². The van der Waals surface area contributed by atoms with Crippen LogP contribution in [0.4, 0.5) is 9.59 Å². The Morgan fingerprint density at radius 2 is 2.41 bits per heavy atom. The van der Waals surface area contributed by atoms with Crippen molar-refractivity contribution in [2.45, 2.75) is 6.92 Å². The molecule has 0 unspecified atom stereocenters. The van der Waals surface area contributed by atoms with Crippen molar-refractivity contribution < 1.29 is 14.1 Å². The Balaban J connectivity index is 2.03. The summed E-state index contributed by atoms with van der Waals surface area (Å²) in [5.41, 5.74) is 0.506. The number of urea groups is 1. The van der Waals surface area contributed by atoms with Crippen molar-refractivity contribution in [3.8, 4) is 0 Å². The van der Waals surface area contributed by atoms with Gasteiger partial charge >= 0.3 is 11.4 Å². The van der Waals surface area contributed by atoms with Crippen molar-refractivity contribution in [1.29, 1.82) is 0 Å². The minimum Gasteiger partial charge on any atom is -0.361 e. The number of aromatic nitrogens is 1. The SMILES string of the molecule is Cc1cc(/C=N/N2CCN(C(=O)Cl)C2=O)no1. The molecule has 0 atom stereocenters. The molecule has 1 fully saturated rings. The Hall–Kier alpha value is -1.89. The third-order valence-corrected chi connectivity index (χ3v) is 2.38. The van der Waals surface area contributed by atoms with Gasteiger partial charge in [-0.25, -0.2) is 14.7 Å². The first-order valence-corrected chi connectivity index (χ1v) is 5.21. The van der Waals surface area contributed by atoms with E-state index in [1.54, 1.807) is 13.0 Å². The predicted octanol–water partition coefficient (Wildman–Crippen LogP) is 1.41. The summed E-state index contributed by atoms with van der Waals surface area (Å²) < 4.78 is 4.84. The van der Waals surface area contributed by atoms with E-state index in [9.17, 15) is 9.59 Å². The topological polar surface area (TPSA) is 79.0 Å². The van der Waals surface area contributed by atoms with Crippen LogP contribution >= 0.6 is 11.6 Å². The Kier molecular flexibility index (Phi) is 3.10. The average Bonchev–Trinajstić information content (AvgIpc) is 2.82. The standard InChI is InChI=1S/C9H9ClN4O3/c1-6-4-7(12-17-6)5-11-14-3-2-13(8(10)15)9(14)16/h4-5H,2-3H2,1H3/b11-5+. The highest BCUT2D eigenvalue weighted by Gasteiger charge is 2.32. The van der Waals surface area contributed by atoms with Crippen LogP contribution < -0.4 is 0 Å². The van der Waals surface area contributed by atoms with Gasteiger partial charge in [-0.2, -0.15) is 5.10 Å². The van der Waals surface area contributed by atoms with Gasteiger partial charge in [0.05, 0.1) is 19.3 Å². The quantitative estimate of drug-likeness (QED) is 0.455. The molecule has 7 nitrogen and oxygen atoms in total. The van der Waals surface area contributed by atoms with Crippen molar-refractivity contribution in [2.75, 3.05) is 13.1 Å². The van der Waals surface area contributed by atoms with Gasteiger partial charge in [-0.3, -0.25) is 4.79 Å². The number of hydrogen-bond donors (Lipinski definition) is 0. The smallest absolute Gasteiger partial charge is 0.348 e. The zero-order valence-corrected chi connectivity index (χ0v) is 9.72. The molecular weight excluding hydrogens is 248 g/mol. The molecule has 1 aromatic heterocycles. The second-order valence-electron chi connectivity index (χ2n) is 3.42. The number of carbonyl (C=O) groups is 2. The Bertz CT molecular complexity index is 484. The van der Waals surface area contributed by atoms with E-state index in [4.69, 9.17) is 16.1 Å². The fourth-order valence-electron chi connectivity index (χ4n) is 1.37. The van der Waals surface area contributed by atoms with Crippen LogP contribution in [0.1, 0.15) is 11.5 Å². The number of carbonyl (C=O) groups excluding carboxylic acids is 2. The highest BCUT2D eigenvalue weighted by atomic mass is 35.5. The van der Waals surface area contributed by atoms with Gasteiger partial charge in [0.2, 0.25) is 0 Å². The minimum atomic E-state index is -0.801. The van der Waals surface area contributed by atoms with Crippen molar-refractivity contribution in [1.82, 2.24) is 15.1 Å². The maximum Gasteiger partial charge on any atom is 0.348 e. The Labute approximate surface area is 102 Å². The molecule has 1 aliphatic heterocycles. The van der Waals surface area contributed by atoms with Crippen LogP contribution in [-0.2, 0) is 0 Å². The largest absolute Gasteiger partial charge is 0.361 e. The fourth-order valence-corrected chi connectivity index (χ4v) is 1.53. The summed E-state index contributed by atoms with van der Waals surface area (Å²) in [5.74, 6) is 0.650. The average molecular weight is 257 g/mol. The molecule has 1 saturated heterocycles. The van der Waals surface area contributed by atoms with E-state index in [0.29, 0.717) is 18.0 Å². The second kappa shape index (κ2) is 4.54. The van der Waals surface area contributed by atoms with Crippen LogP contribution in [0.15, 0.2) is 15.7 Å². The van der Waals surface area contributed by atoms with E-state index in [1.807, 2.05) is 0 Å². The van der Waals surface area contributed by atoms with Gasteiger partial charge in [-0.05, 0) is 18.5 Å². The summed E-state index contributed by atoms with van der Waals surface area (Å²) >= 11 is 5.23. The van der Waals surface area contributed by atoms with Gasteiger partial charge in [-0.15, -0.1) is 0 Å². The monoisotopic (exact) mass is 256 g/mol.